The first-order chi connectivity index (χ1) is 8.59. The van der Waals surface area contributed by atoms with E-state index in [-0.39, 0.29) is 17.6 Å². The molecule has 0 amide bonds. The molecule has 1 aromatic rings. The molecule has 100 valence electrons. The van der Waals surface area contributed by atoms with Crippen molar-refractivity contribution in [2.24, 2.45) is 5.41 Å². The molecule has 0 spiro atoms. The molecule has 1 fully saturated rings. The van der Waals surface area contributed by atoms with Gasteiger partial charge in [0.15, 0.2) is 0 Å². The summed E-state index contributed by atoms with van der Waals surface area (Å²) in [6.45, 7) is 5.21. The van der Waals surface area contributed by atoms with E-state index in [1.54, 1.807) is 0 Å². The monoisotopic (exact) mass is 250 g/mol. The van der Waals surface area contributed by atoms with Crippen LogP contribution in [0.2, 0.25) is 0 Å². The number of aliphatic hydroxyl groups excluding tert-OH is 1. The van der Waals surface area contributed by atoms with E-state index in [0.29, 0.717) is 13.2 Å². The van der Waals surface area contributed by atoms with Crippen molar-refractivity contribution in [1.82, 2.24) is 0 Å². The third kappa shape index (κ3) is 3.24. The summed E-state index contributed by atoms with van der Waals surface area (Å²) in [7, 11) is 0. The van der Waals surface area contributed by atoms with Crippen LogP contribution in [0, 0.1) is 5.41 Å². The van der Waals surface area contributed by atoms with Gasteiger partial charge in [-0.25, -0.2) is 0 Å². The summed E-state index contributed by atoms with van der Waals surface area (Å²) in [5.74, 6) is 0.855. The predicted octanol–water partition coefficient (Wildman–Crippen LogP) is 2.63. The zero-order valence-corrected chi connectivity index (χ0v) is 11.1. The molecule has 1 aliphatic rings. The molecule has 3 nitrogen and oxygen atoms in total. The highest BCUT2D eigenvalue weighted by Crippen LogP contribution is 2.38. The summed E-state index contributed by atoms with van der Waals surface area (Å²) >= 11 is 0. The third-order valence-corrected chi connectivity index (χ3v) is 3.65. The lowest BCUT2D eigenvalue weighted by Crippen LogP contribution is -2.33. The van der Waals surface area contributed by atoms with Gasteiger partial charge < -0.3 is 14.6 Å². The highest BCUT2D eigenvalue weighted by Gasteiger charge is 2.41. The molecule has 0 bridgehead atoms. The molecule has 0 saturated heterocycles. The summed E-state index contributed by atoms with van der Waals surface area (Å²) in [6.07, 6.45) is 1.53. The second kappa shape index (κ2) is 5.72. The predicted molar refractivity (Wildman–Crippen MR) is 70.7 cm³/mol. The molecule has 1 aliphatic carbocycles. The fourth-order valence-corrected chi connectivity index (χ4v) is 2.37. The lowest BCUT2D eigenvalue weighted by Gasteiger charge is -2.25. The molecular weight excluding hydrogens is 228 g/mol. The number of aliphatic hydroxyl groups is 1. The molecule has 3 heteroatoms. The Morgan fingerprint density at radius 1 is 1.22 bits per heavy atom. The van der Waals surface area contributed by atoms with Crippen LogP contribution in [0.1, 0.15) is 26.7 Å². The molecule has 0 aromatic heterocycles. The average molecular weight is 250 g/mol. The van der Waals surface area contributed by atoms with Crippen LogP contribution in [0.25, 0.3) is 0 Å². The molecular formula is C15H22O3. The van der Waals surface area contributed by atoms with Gasteiger partial charge in [0, 0.05) is 0 Å². The molecule has 2 atom stereocenters. The smallest absolute Gasteiger partial charge is 0.119 e. The van der Waals surface area contributed by atoms with Gasteiger partial charge in [-0.3, -0.25) is 0 Å². The third-order valence-electron chi connectivity index (χ3n) is 3.65. The zero-order valence-electron chi connectivity index (χ0n) is 11.1. The SMILES string of the molecule is CC1(C)CCC(OCCOc2ccccc2)C1O. The van der Waals surface area contributed by atoms with Crippen LogP contribution in [0.5, 0.6) is 5.75 Å². The van der Waals surface area contributed by atoms with Crippen molar-refractivity contribution < 1.29 is 14.6 Å². The van der Waals surface area contributed by atoms with E-state index in [0.717, 1.165) is 18.6 Å². The standard InChI is InChI=1S/C15H22O3/c1-15(2)9-8-13(14(15)16)18-11-10-17-12-6-4-3-5-7-12/h3-7,13-14,16H,8-11H2,1-2H3. The molecule has 0 radical (unpaired) electrons. The minimum absolute atomic E-state index is 0.0229. The molecule has 18 heavy (non-hydrogen) atoms. The fourth-order valence-electron chi connectivity index (χ4n) is 2.37. The summed E-state index contributed by atoms with van der Waals surface area (Å²) in [5.41, 5.74) is -0.0229. The van der Waals surface area contributed by atoms with Crippen molar-refractivity contribution in [3.8, 4) is 5.75 Å². The summed E-state index contributed by atoms with van der Waals surface area (Å²) in [4.78, 5) is 0. The summed E-state index contributed by atoms with van der Waals surface area (Å²) in [5, 5.41) is 10.1. The normalized spacial score (nSPS) is 26.2. The quantitative estimate of drug-likeness (QED) is 0.816. The van der Waals surface area contributed by atoms with Gasteiger partial charge in [0.1, 0.15) is 12.4 Å². The highest BCUT2D eigenvalue weighted by atomic mass is 16.5. The first-order valence-corrected chi connectivity index (χ1v) is 6.57. The Morgan fingerprint density at radius 3 is 2.56 bits per heavy atom. The van der Waals surface area contributed by atoms with Crippen LogP contribution < -0.4 is 4.74 Å². The minimum atomic E-state index is -0.366. The van der Waals surface area contributed by atoms with Crippen molar-refractivity contribution in [1.29, 1.82) is 0 Å². The maximum Gasteiger partial charge on any atom is 0.119 e. The number of hydrogen-bond acceptors (Lipinski definition) is 3. The maximum absolute atomic E-state index is 10.1. The Bertz CT molecular complexity index is 361. The fraction of sp³-hybridized carbons (Fsp3) is 0.600. The summed E-state index contributed by atoms with van der Waals surface area (Å²) in [6, 6.07) is 9.69. The Kier molecular flexibility index (Phi) is 4.25. The lowest BCUT2D eigenvalue weighted by atomic mass is 9.89. The Labute approximate surface area is 109 Å². The van der Waals surface area contributed by atoms with E-state index < -0.39 is 0 Å². The van der Waals surface area contributed by atoms with Crippen LogP contribution in [0.3, 0.4) is 0 Å². The number of rotatable bonds is 5. The van der Waals surface area contributed by atoms with Crippen LogP contribution >= 0.6 is 0 Å². The number of para-hydroxylation sites is 1. The van der Waals surface area contributed by atoms with Gasteiger partial charge in [0.2, 0.25) is 0 Å². The van der Waals surface area contributed by atoms with Crippen LogP contribution in [0.15, 0.2) is 30.3 Å². The first-order valence-electron chi connectivity index (χ1n) is 6.57. The van der Waals surface area contributed by atoms with Crippen LogP contribution in [-0.2, 0) is 4.74 Å². The van der Waals surface area contributed by atoms with Gasteiger partial charge >= 0.3 is 0 Å². The van der Waals surface area contributed by atoms with E-state index in [4.69, 9.17) is 9.47 Å². The van der Waals surface area contributed by atoms with Gasteiger partial charge in [0.25, 0.3) is 0 Å². The van der Waals surface area contributed by atoms with Crippen molar-refractivity contribution in [3.05, 3.63) is 30.3 Å². The van der Waals surface area contributed by atoms with Gasteiger partial charge in [-0.1, -0.05) is 32.0 Å². The van der Waals surface area contributed by atoms with Crippen LogP contribution in [0.4, 0.5) is 0 Å². The lowest BCUT2D eigenvalue weighted by molar-refractivity contribution is -0.0555. The Hall–Kier alpha value is -1.06. The van der Waals surface area contributed by atoms with Crippen molar-refractivity contribution in [2.45, 2.75) is 38.9 Å². The second-order valence-electron chi connectivity index (χ2n) is 5.54. The molecule has 1 aromatic carbocycles. The van der Waals surface area contributed by atoms with Gasteiger partial charge in [-0.05, 0) is 30.4 Å². The topological polar surface area (TPSA) is 38.7 Å². The van der Waals surface area contributed by atoms with Crippen LogP contribution in [-0.4, -0.2) is 30.5 Å². The molecule has 2 rings (SSSR count). The summed E-state index contributed by atoms with van der Waals surface area (Å²) < 4.78 is 11.2. The van der Waals surface area contributed by atoms with Gasteiger partial charge in [0.05, 0.1) is 18.8 Å². The number of hydrogen-bond donors (Lipinski definition) is 1. The Balaban J connectivity index is 1.68. The van der Waals surface area contributed by atoms with Gasteiger partial charge in [-0.2, -0.15) is 0 Å². The molecule has 1 saturated carbocycles. The molecule has 0 heterocycles. The number of benzene rings is 1. The first kappa shape index (κ1) is 13.4. The van der Waals surface area contributed by atoms with E-state index in [1.807, 2.05) is 30.3 Å². The van der Waals surface area contributed by atoms with E-state index in [9.17, 15) is 5.11 Å². The zero-order chi connectivity index (χ0) is 13.0. The Morgan fingerprint density at radius 2 is 1.94 bits per heavy atom. The van der Waals surface area contributed by atoms with Crippen molar-refractivity contribution in [2.75, 3.05) is 13.2 Å². The minimum Gasteiger partial charge on any atom is -0.491 e. The second-order valence-corrected chi connectivity index (χ2v) is 5.54. The number of ether oxygens (including phenoxy) is 2. The van der Waals surface area contributed by atoms with E-state index in [2.05, 4.69) is 13.8 Å². The molecule has 1 N–H and O–H groups in total. The molecule has 0 aliphatic heterocycles. The largest absolute Gasteiger partial charge is 0.491 e. The molecule has 2 unspecified atom stereocenters. The maximum atomic E-state index is 10.1. The highest BCUT2D eigenvalue weighted by molar-refractivity contribution is 5.20. The van der Waals surface area contributed by atoms with E-state index >= 15 is 0 Å². The van der Waals surface area contributed by atoms with Crippen molar-refractivity contribution in [3.63, 3.8) is 0 Å². The van der Waals surface area contributed by atoms with Gasteiger partial charge in [-0.15, -0.1) is 0 Å². The van der Waals surface area contributed by atoms with Crippen molar-refractivity contribution >= 4 is 0 Å². The van der Waals surface area contributed by atoms with E-state index in [1.165, 1.54) is 0 Å². The average Bonchev–Trinajstić information content (AvgIpc) is 2.62.